The van der Waals surface area contributed by atoms with Crippen molar-refractivity contribution >= 4 is 21.6 Å². The number of aryl methyl sites for hydroxylation is 1. The van der Waals surface area contributed by atoms with E-state index in [9.17, 15) is 13.2 Å². The smallest absolute Gasteiger partial charge is 0.240 e. The molecule has 2 heterocycles. The number of nitrogens with zero attached hydrogens (tertiary/aromatic N) is 1. The van der Waals surface area contributed by atoms with E-state index >= 15 is 0 Å². The second-order valence-electron chi connectivity index (χ2n) is 6.86. The van der Waals surface area contributed by atoms with Gasteiger partial charge in [-0.1, -0.05) is 6.92 Å². The molecule has 0 spiro atoms. The van der Waals surface area contributed by atoms with E-state index < -0.39 is 10.0 Å². The monoisotopic (exact) mass is 381 g/mol. The summed E-state index contributed by atoms with van der Waals surface area (Å²) in [7, 11) is -3.60. The minimum absolute atomic E-state index is 0.0194. The van der Waals surface area contributed by atoms with Gasteiger partial charge < -0.3 is 10.1 Å². The first-order valence-electron chi connectivity index (χ1n) is 9.23. The standard InChI is InChI=1S/C18H27N3O4S/c1-2-15(13-21-8-10-25-11-9-21)20-26(23,24)16-6-7-17-14(12-16)4-3-5-18(22)19-17/h6-7,12,15,20H,2-5,8-11,13H2,1H3,(H,19,22). The fourth-order valence-corrected chi connectivity index (χ4v) is 4.71. The van der Waals surface area contributed by atoms with Crippen molar-refractivity contribution in [2.75, 3.05) is 38.2 Å². The van der Waals surface area contributed by atoms with Gasteiger partial charge in [-0.3, -0.25) is 9.69 Å². The lowest BCUT2D eigenvalue weighted by atomic mass is 10.1. The molecule has 1 aromatic rings. The summed E-state index contributed by atoms with van der Waals surface area (Å²) < 4.78 is 33.9. The van der Waals surface area contributed by atoms with Crippen LogP contribution in [-0.4, -0.2) is 58.1 Å². The van der Waals surface area contributed by atoms with Crippen molar-refractivity contribution in [3.05, 3.63) is 23.8 Å². The van der Waals surface area contributed by atoms with Gasteiger partial charge in [0, 0.05) is 37.8 Å². The molecule has 1 aromatic carbocycles. The molecule has 2 N–H and O–H groups in total. The van der Waals surface area contributed by atoms with E-state index in [2.05, 4.69) is 14.9 Å². The number of fused-ring (bicyclic) bond motifs is 1. The highest BCUT2D eigenvalue weighted by molar-refractivity contribution is 7.89. The van der Waals surface area contributed by atoms with Gasteiger partial charge in [-0.15, -0.1) is 0 Å². The van der Waals surface area contributed by atoms with E-state index in [0.29, 0.717) is 38.3 Å². The predicted octanol–water partition coefficient (Wildman–Crippen LogP) is 1.35. The number of carbonyl (C=O) groups excluding carboxylic acids is 1. The average Bonchev–Trinajstić information content (AvgIpc) is 2.81. The van der Waals surface area contributed by atoms with Crippen molar-refractivity contribution in [2.45, 2.75) is 43.5 Å². The Kier molecular flexibility index (Phi) is 6.29. The van der Waals surface area contributed by atoms with Crippen LogP contribution >= 0.6 is 0 Å². The van der Waals surface area contributed by atoms with E-state index in [1.165, 1.54) is 0 Å². The molecule has 26 heavy (non-hydrogen) atoms. The third-order valence-corrected chi connectivity index (χ3v) is 6.43. The quantitative estimate of drug-likeness (QED) is 0.777. The van der Waals surface area contributed by atoms with Crippen LogP contribution in [0.15, 0.2) is 23.1 Å². The third kappa shape index (κ3) is 4.82. The summed E-state index contributed by atoms with van der Waals surface area (Å²) in [6.07, 6.45) is 2.61. The van der Waals surface area contributed by atoms with Crippen LogP contribution in [0.3, 0.4) is 0 Å². The minimum Gasteiger partial charge on any atom is -0.379 e. The van der Waals surface area contributed by atoms with Gasteiger partial charge in [-0.2, -0.15) is 0 Å². The Morgan fingerprint density at radius 1 is 1.27 bits per heavy atom. The molecule has 144 valence electrons. The number of sulfonamides is 1. The highest BCUT2D eigenvalue weighted by Crippen LogP contribution is 2.25. The largest absolute Gasteiger partial charge is 0.379 e. The van der Waals surface area contributed by atoms with Crippen molar-refractivity contribution in [2.24, 2.45) is 0 Å². The maximum atomic E-state index is 12.8. The molecule has 0 aromatic heterocycles. The van der Waals surface area contributed by atoms with Crippen molar-refractivity contribution in [1.29, 1.82) is 0 Å². The molecule has 0 saturated carbocycles. The topological polar surface area (TPSA) is 87.7 Å². The summed E-state index contributed by atoms with van der Waals surface area (Å²) in [5.41, 5.74) is 1.59. The van der Waals surface area contributed by atoms with Gasteiger partial charge in [0.05, 0.1) is 18.1 Å². The van der Waals surface area contributed by atoms with E-state index in [0.717, 1.165) is 31.5 Å². The lowest BCUT2D eigenvalue weighted by Gasteiger charge is -2.30. The van der Waals surface area contributed by atoms with Crippen LogP contribution < -0.4 is 10.0 Å². The molecule has 3 rings (SSSR count). The number of ether oxygens (including phenoxy) is 1. The van der Waals surface area contributed by atoms with Gasteiger partial charge in [0.25, 0.3) is 0 Å². The zero-order chi connectivity index (χ0) is 18.6. The number of morpholine rings is 1. The Labute approximate surface area is 155 Å². The highest BCUT2D eigenvalue weighted by Gasteiger charge is 2.23. The zero-order valence-corrected chi connectivity index (χ0v) is 16.0. The molecule has 0 aliphatic carbocycles. The second kappa shape index (κ2) is 8.47. The van der Waals surface area contributed by atoms with E-state index in [1.807, 2.05) is 6.92 Å². The molecule has 8 heteroatoms. The Morgan fingerprint density at radius 2 is 2.04 bits per heavy atom. The molecule has 7 nitrogen and oxygen atoms in total. The molecule has 2 aliphatic heterocycles. The first kappa shape index (κ1) is 19.3. The number of anilines is 1. The molecule has 1 fully saturated rings. The second-order valence-corrected chi connectivity index (χ2v) is 8.57. The van der Waals surface area contributed by atoms with Crippen LogP contribution in [0, 0.1) is 0 Å². The number of amides is 1. The molecular weight excluding hydrogens is 354 g/mol. The number of hydrogen-bond donors (Lipinski definition) is 2. The molecular formula is C18H27N3O4S. The first-order chi connectivity index (χ1) is 12.5. The first-order valence-corrected chi connectivity index (χ1v) is 10.7. The fraction of sp³-hybridized carbons (Fsp3) is 0.611. The fourth-order valence-electron chi connectivity index (χ4n) is 3.35. The number of rotatable bonds is 6. The van der Waals surface area contributed by atoms with Gasteiger partial charge in [0.15, 0.2) is 0 Å². The van der Waals surface area contributed by atoms with Crippen molar-refractivity contribution < 1.29 is 17.9 Å². The Bertz CT molecular complexity index is 745. The van der Waals surface area contributed by atoms with Crippen molar-refractivity contribution in [3.8, 4) is 0 Å². The van der Waals surface area contributed by atoms with Crippen LogP contribution in [-0.2, 0) is 26.0 Å². The molecule has 1 atom stereocenters. The zero-order valence-electron chi connectivity index (χ0n) is 15.2. The molecule has 2 aliphatic rings. The number of nitrogens with one attached hydrogen (secondary N) is 2. The molecule has 1 amide bonds. The molecule has 0 radical (unpaired) electrons. The number of carbonyl (C=O) groups is 1. The minimum atomic E-state index is -3.60. The summed E-state index contributed by atoms with van der Waals surface area (Å²) in [6.45, 7) is 5.72. The van der Waals surface area contributed by atoms with Crippen LogP contribution in [0.1, 0.15) is 31.7 Å². The van der Waals surface area contributed by atoms with Crippen LogP contribution in [0.25, 0.3) is 0 Å². The average molecular weight is 381 g/mol. The van der Waals surface area contributed by atoms with E-state index in [1.54, 1.807) is 18.2 Å². The van der Waals surface area contributed by atoms with Crippen LogP contribution in [0.2, 0.25) is 0 Å². The summed E-state index contributed by atoms with van der Waals surface area (Å²) >= 11 is 0. The maximum Gasteiger partial charge on any atom is 0.240 e. The predicted molar refractivity (Wildman–Crippen MR) is 99.7 cm³/mol. The SMILES string of the molecule is CCC(CN1CCOCC1)NS(=O)(=O)c1ccc2c(c1)CCCC(=O)N2. The summed E-state index contributed by atoms with van der Waals surface area (Å²) in [5.74, 6) is -0.0194. The van der Waals surface area contributed by atoms with Gasteiger partial charge in [0.2, 0.25) is 15.9 Å². The van der Waals surface area contributed by atoms with Crippen molar-refractivity contribution in [1.82, 2.24) is 9.62 Å². The maximum absolute atomic E-state index is 12.8. The lowest BCUT2D eigenvalue weighted by Crippen LogP contribution is -2.47. The van der Waals surface area contributed by atoms with Crippen LogP contribution in [0.4, 0.5) is 5.69 Å². The summed E-state index contributed by atoms with van der Waals surface area (Å²) in [6, 6.07) is 4.80. The third-order valence-electron chi connectivity index (χ3n) is 4.91. The summed E-state index contributed by atoms with van der Waals surface area (Å²) in [5, 5.41) is 2.83. The van der Waals surface area contributed by atoms with Gasteiger partial charge >= 0.3 is 0 Å². The van der Waals surface area contributed by atoms with Gasteiger partial charge in [-0.05, 0) is 43.0 Å². The van der Waals surface area contributed by atoms with E-state index in [-0.39, 0.29) is 16.8 Å². The lowest BCUT2D eigenvalue weighted by molar-refractivity contribution is -0.116. The Morgan fingerprint density at radius 3 is 2.77 bits per heavy atom. The number of benzene rings is 1. The van der Waals surface area contributed by atoms with Gasteiger partial charge in [-0.25, -0.2) is 13.1 Å². The van der Waals surface area contributed by atoms with Crippen molar-refractivity contribution in [3.63, 3.8) is 0 Å². The van der Waals surface area contributed by atoms with E-state index in [4.69, 9.17) is 4.74 Å². The van der Waals surface area contributed by atoms with Crippen LogP contribution in [0.5, 0.6) is 0 Å². The summed E-state index contributed by atoms with van der Waals surface area (Å²) in [4.78, 5) is 14.1. The number of hydrogen-bond acceptors (Lipinski definition) is 5. The molecule has 1 unspecified atom stereocenters. The normalized spacial score (nSPS) is 20.1. The molecule has 0 bridgehead atoms. The Hall–Kier alpha value is -1.48. The van der Waals surface area contributed by atoms with Gasteiger partial charge in [0.1, 0.15) is 0 Å². The highest BCUT2D eigenvalue weighted by atomic mass is 32.2. The molecule has 1 saturated heterocycles. The Balaban J connectivity index is 1.72.